The van der Waals surface area contributed by atoms with Gasteiger partial charge in [-0.15, -0.1) is 24.0 Å². The van der Waals surface area contributed by atoms with E-state index < -0.39 is 0 Å². The zero-order valence-electron chi connectivity index (χ0n) is 17.0. The van der Waals surface area contributed by atoms with Crippen LogP contribution in [0.15, 0.2) is 23.3 Å². The van der Waals surface area contributed by atoms with E-state index in [4.69, 9.17) is 4.99 Å². The van der Waals surface area contributed by atoms with E-state index in [2.05, 4.69) is 58.0 Å². The standard InChI is InChI=1S/C20H34N6.HI/c1-4-21-20(26-9-5-6-17(2)16-26)23-15-18-7-8-19(22-14-18)25-12-10-24(3)11-13-25;/h7-8,14,17H,4-6,9-13,15-16H2,1-3H3,(H,21,23);1H. The molecule has 0 aliphatic carbocycles. The lowest BCUT2D eigenvalue weighted by atomic mass is 10.0. The van der Waals surface area contributed by atoms with E-state index in [1.54, 1.807) is 0 Å². The fourth-order valence-corrected chi connectivity index (χ4v) is 3.71. The first-order valence-corrected chi connectivity index (χ1v) is 10.1. The van der Waals surface area contributed by atoms with Crippen molar-refractivity contribution in [1.29, 1.82) is 0 Å². The molecule has 1 N–H and O–H groups in total. The normalized spacial score (nSPS) is 21.7. The van der Waals surface area contributed by atoms with Crippen molar-refractivity contribution < 1.29 is 0 Å². The summed E-state index contributed by atoms with van der Waals surface area (Å²) in [5, 5.41) is 3.45. The molecule has 0 saturated carbocycles. The molecule has 1 atom stereocenters. The molecule has 0 spiro atoms. The van der Waals surface area contributed by atoms with E-state index in [1.165, 1.54) is 18.4 Å². The van der Waals surface area contributed by atoms with Crippen molar-refractivity contribution in [3.05, 3.63) is 23.9 Å². The minimum absolute atomic E-state index is 0. The summed E-state index contributed by atoms with van der Waals surface area (Å²) in [7, 11) is 2.18. The van der Waals surface area contributed by atoms with Crippen LogP contribution in [0.3, 0.4) is 0 Å². The van der Waals surface area contributed by atoms with E-state index in [1.807, 2.05) is 6.20 Å². The van der Waals surface area contributed by atoms with Gasteiger partial charge in [0.1, 0.15) is 5.82 Å². The van der Waals surface area contributed by atoms with Crippen LogP contribution in [0.4, 0.5) is 5.82 Å². The number of nitrogens with zero attached hydrogens (tertiary/aromatic N) is 5. The van der Waals surface area contributed by atoms with E-state index in [-0.39, 0.29) is 24.0 Å². The number of likely N-dealkylation sites (N-methyl/N-ethyl adjacent to an activating group) is 1. The Balaban J connectivity index is 0.00000261. The van der Waals surface area contributed by atoms with Crippen LogP contribution >= 0.6 is 24.0 Å². The summed E-state index contributed by atoms with van der Waals surface area (Å²) >= 11 is 0. The maximum Gasteiger partial charge on any atom is 0.194 e. The minimum atomic E-state index is 0. The van der Waals surface area contributed by atoms with E-state index in [0.717, 1.165) is 63.5 Å². The predicted octanol–water partition coefficient (Wildman–Crippen LogP) is 2.65. The average Bonchev–Trinajstić information content (AvgIpc) is 2.66. The first-order valence-electron chi connectivity index (χ1n) is 10.1. The lowest BCUT2D eigenvalue weighted by Gasteiger charge is -2.33. The number of aliphatic imine (C=N–C) groups is 1. The number of nitrogens with one attached hydrogen (secondary N) is 1. The molecule has 0 amide bonds. The first kappa shape index (κ1) is 22.2. The fourth-order valence-electron chi connectivity index (χ4n) is 3.71. The Morgan fingerprint density at radius 1 is 1.22 bits per heavy atom. The highest BCUT2D eigenvalue weighted by Gasteiger charge is 2.19. The molecule has 27 heavy (non-hydrogen) atoms. The molecule has 0 radical (unpaired) electrons. The van der Waals surface area contributed by atoms with Gasteiger partial charge in [-0.1, -0.05) is 13.0 Å². The van der Waals surface area contributed by atoms with Crippen molar-refractivity contribution in [2.45, 2.75) is 33.2 Å². The van der Waals surface area contributed by atoms with Gasteiger partial charge in [0.25, 0.3) is 0 Å². The molecule has 2 aliphatic heterocycles. The van der Waals surface area contributed by atoms with Crippen LogP contribution in [-0.4, -0.2) is 73.6 Å². The van der Waals surface area contributed by atoms with E-state index in [9.17, 15) is 0 Å². The van der Waals surface area contributed by atoms with Gasteiger partial charge in [0, 0.05) is 52.0 Å². The van der Waals surface area contributed by atoms with Crippen molar-refractivity contribution in [3.63, 3.8) is 0 Å². The molecule has 2 aliphatic rings. The number of anilines is 1. The van der Waals surface area contributed by atoms with Crippen molar-refractivity contribution >= 4 is 35.8 Å². The number of hydrogen-bond acceptors (Lipinski definition) is 4. The summed E-state index contributed by atoms with van der Waals surface area (Å²) < 4.78 is 0. The van der Waals surface area contributed by atoms with Gasteiger partial charge >= 0.3 is 0 Å². The van der Waals surface area contributed by atoms with Gasteiger partial charge in [-0.05, 0) is 44.4 Å². The Kier molecular flexibility index (Phi) is 9.08. The number of hydrogen-bond donors (Lipinski definition) is 1. The molecule has 152 valence electrons. The third-order valence-corrected chi connectivity index (χ3v) is 5.34. The monoisotopic (exact) mass is 486 g/mol. The number of rotatable bonds is 4. The summed E-state index contributed by atoms with van der Waals surface area (Å²) in [5.41, 5.74) is 1.17. The average molecular weight is 486 g/mol. The van der Waals surface area contributed by atoms with Gasteiger partial charge in [-0.25, -0.2) is 9.98 Å². The Morgan fingerprint density at radius 2 is 2.00 bits per heavy atom. The molecule has 7 heteroatoms. The molecule has 0 aromatic carbocycles. The Hall–Kier alpha value is -1.09. The second-order valence-corrected chi connectivity index (χ2v) is 7.68. The fraction of sp³-hybridized carbons (Fsp3) is 0.700. The van der Waals surface area contributed by atoms with Crippen LogP contribution < -0.4 is 10.2 Å². The largest absolute Gasteiger partial charge is 0.357 e. The summed E-state index contributed by atoms with van der Waals surface area (Å²) in [4.78, 5) is 16.7. The summed E-state index contributed by atoms with van der Waals surface area (Å²) in [6.07, 6.45) is 4.57. The number of piperidine rings is 1. The molecule has 2 fully saturated rings. The molecule has 6 nitrogen and oxygen atoms in total. The van der Waals surface area contributed by atoms with Crippen molar-refractivity contribution in [1.82, 2.24) is 20.1 Å². The molecule has 0 bridgehead atoms. The number of guanidine groups is 1. The third kappa shape index (κ3) is 6.48. The SMILES string of the molecule is CCNC(=NCc1ccc(N2CCN(C)CC2)nc1)N1CCCC(C)C1.I. The van der Waals surface area contributed by atoms with Crippen LogP contribution in [0.25, 0.3) is 0 Å². The molecular weight excluding hydrogens is 451 g/mol. The van der Waals surface area contributed by atoms with Crippen LogP contribution in [0.2, 0.25) is 0 Å². The molecule has 3 heterocycles. The van der Waals surface area contributed by atoms with E-state index >= 15 is 0 Å². The number of aromatic nitrogens is 1. The highest BCUT2D eigenvalue weighted by Crippen LogP contribution is 2.17. The van der Waals surface area contributed by atoms with E-state index in [0.29, 0.717) is 6.54 Å². The van der Waals surface area contributed by atoms with Gasteiger partial charge < -0.3 is 20.0 Å². The third-order valence-electron chi connectivity index (χ3n) is 5.34. The van der Waals surface area contributed by atoms with Crippen molar-refractivity contribution in [2.75, 3.05) is 57.8 Å². The Bertz CT molecular complexity index is 583. The van der Waals surface area contributed by atoms with Crippen molar-refractivity contribution in [2.24, 2.45) is 10.9 Å². The lowest BCUT2D eigenvalue weighted by molar-refractivity contribution is 0.266. The molecule has 1 aromatic rings. The second kappa shape index (κ2) is 11.0. The molecule has 3 rings (SSSR count). The van der Waals surface area contributed by atoms with Gasteiger partial charge in [-0.2, -0.15) is 0 Å². The maximum atomic E-state index is 4.87. The Labute approximate surface area is 181 Å². The van der Waals surface area contributed by atoms with Gasteiger partial charge in [0.05, 0.1) is 6.54 Å². The quantitative estimate of drug-likeness (QED) is 0.403. The summed E-state index contributed by atoms with van der Waals surface area (Å²) in [6.45, 7) is 12.6. The molecule has 1 unspecified atom stereocenters. The smallest absolute Gasteiger partial charge is 0.194 e. The summed E-state index contributed by atoms with van der Waals surface area (Å²) in [6, 6.07) is 4.32. The maximum absolute atomic E-state index is 4.87. The Morgan fingerprint density at radius 3 is 2.63 bits per heavy atom. The zero-order valence-corrected chi connectivity index (χ0v) is 19.4. The number of likely N-dealkylation sites (tertiary alicyclic amines) is 1. The molecule has 2 saturated heterocycles. The van der Waals surface area contributed by atoms with Gasteiger partial charge in [-0.3, -0.25) is 0 Å². The number of pyridine rings is 1. The minimum Gasteiger partial charge on any atom is -0.357 e. The second-order valence-electron chi connectivity index (χ2n) is 7.68. The van der Waals surface area contributed by atoms with Crippen LogP contribution in [0.1, 0.15) is 32.3 Å². The predicted molar refractivity (Wildman–Crippen MR) is 124 cm³/mol. The van der Waals surface area contributed by atoms with Crippen molar-refractivity contribution in [3.8, 4) is 0 Å². The van der Waals surface area contributed by atoms with Crippen LogP contribution in [0, 0.1) is 5.92 Å². The first-order chi connectivity index (χ1) is 12.7. The number of halogens is 1. The highest BCUT2D eigenvalue weighted by molar-refractivity contribution is 14.0. The molecule has 1 aromatic heterocycles. The van der Waals surface area contributed by atoms with Crippen LogP contribution in [-0.2, 0) is 6.54 Å². The van der Waals surface area contributed by atoms with Gasteiger partial charge in [0.2, 0.25) is 0 Å². The van der Waals surface area contributed by atoms with Crippen LogP contribution in [0.5, 0.6) is 0 Å². The summed E-state index contributed by atoms with van der Waals surface area (Å²) in [5.74, 6) is 2.88. The lowest BCUT2D eigenvalue weighted by Crippen LogP contribution is -2.46. The topological polar surface area (TPSA) is 47.0 Å². The number of piperazine rings is 1. The molecular formula is C20H35IN6. The zero-order chi connectivity index (χ0) is 18.4. The highest BCUT2D eigenvalue weighted by atomic mass is 127. The van der Waals surface area contributed by atoms with Gasteiger partial charge in [0.15, 0.2) is 5.96 Å².